The molecule has 0 nitrogen and oxygen atoms in total. The summed E-state index contributed by atoms with van der Waals surface area (Å²) in [6.07, 6.45) is 7.55. The van der Waals surface area contributed by atoms with Crippen molar-refractivity contribution in [2.75, 3.05) is 0 Å². The van der Waals surface area contributed by atoms with Gasteiger partial charge in [0.1, 0.15) is 0 Å². The van der Waals surface area contributed by atoms with E-state index in [0.29, 0.717) is 0 Å². The van der Waals surface area contributed by atoms with E-state index in [2.05, 4.69) is 0 Å². The van der Waals surface area contributed by atoms with Gasteiger partial charge in [0.25, 0.3) is 0 Å². The largest absolute Gasteiger partial charge is 0.0458 e. The standard InChI is InChI=1S/C72H36/c1-5-13-14-6-2-10-18-22-27-31-32-28-24-20-12-4-8-16-15-7-3-11-19-23-26-30-29-25-21-17-9(1)33(5)37(13)38(14)34(6,10)42(18)46(22)51(27)55(31)56(32)52(28)48(24)44(20)36(8,12)40(16)39(15)35(7,11)43(19)47(23)50(26)54(30)53(29)49(25)45(21)41(17,33)57(37)58(38,42)62(46)61(45,57)65(49)66(51,62)71(55)69(53,65)70(54)67(50)63(47)59(39,43)60(40,44)64(48,63)68(52,67)72(56,70)71/h5-32H,1-4H2/t5?,6?,7?,8?,9?,10?,11?,12?,13?,14?,15?,16?,17?,18?,19?,20?,21?,22?,23?,24?,25?,26?,27?,28?,29-,30?,31?,32?,33?,34?,35?,36?,37?,38?,39?,40?,41?,42?,43?,44?,45?,46?,47?,48?,49?,50?,51?,52?,53+,54?,55-,56?,57?,58?,59?,60?,61?,62?,63?,64?,65?,66?,67?,68?,69?,70?,71?,72?/m1/s1. The van der Waals surface area contributed by atoms with E-state index in [4.69, 9.17) is 0 Å². The molecular formula is C72H36. The zero-order chi connectivity index (χ0) is 39.0. The van der Waals surface area contributed by atoms with Gasteiger partial charge < -0.3 is 0 Å². The Balaban J connectivity index is 0.696. The van der Waals surface area contributed by atoms with E-state index in [9.17, 15) is 0 Å². The molecule has 55 aliphatic rings. The molecule has 55 saturated carbocycles. The van der Waals surface area contributed by atoms with Crippen LogP contribution in [-0.2, 0) is 0 Å². The predicted molar refractivity (Wildman–Crippen MR) is 214 cm³/mol. The zero-order valence-electron chi connectivity index (χ0n) is 39.0. The molecule has 0 amide bonds. The van der Waals surface area contributed by atoms with Gasteiger partial charge in [-0.2, -0.15) is 0 Å². The Morgan fingerprint density at radius 2 is 0.250 bits per heavy atom. The lowest BCUT2D eigenvalue weighted by Crippen LogP contribution is -3.74. The SMILES string of the molecule is C1C2C3C4C5CC6C7C8C9C%10[C@H]%11C%12C%13C%14C%15CC%16C%17C%18C%19CC%20C%21C%22C%23C%24C%25C%26C%27C%28C1C21C32C43C56C74C85C96C78C59C34C23C%281C%271C%262C7(C139)C13C84C%106[C@@]%115C%126C%137C%148C%16%15C%179C%18%10C%19%20C%21%11C%22%12C%13%14C%10%11C98C7%13C67C%146C%23%12[C@]%24(C%2521)C63C745. The summed E-state index contributed by atoms with van der Waals surface area (Å²) in [5, 5.41) is 0. The maximum Gasteiger partial charge on any atom is -0.000370 e. The lowest BCUT2D eigenvalue weighted by molar-refractivity contribution is -1.31. The van der Waals surface area contributed by atoms with Gasteiger partial charge in [-0.1, -0.05) is 0 Å². The van der Waals surface area contributed by atoms with Crippen molar-refractivity contribution in [2.45, 2.75) is 25.7 Å². The third-order valence-electron chi connectivity index (χ3n) is 65.7. The van der Waals surface area contributed by atoms with Crippen LogP contribution in [0.1, 0.15) is 25.7 Å². The smallest absolute Gasteiger partial charge is 0.000370 e. The van der Waals surface area contributed by atoms with Crippen LogP contribution in [-0.4, -0.2) is 0 Å². The van der Waals surface area contributed by atoms with Gasteiger partial charge in [0.2, 0.25) is 0 Å². The normalized spacial score (nSPS) is 150. The lowest BCUT2D eigenvalue weighted by atomic mass is 8.27. The van der Waals surface area contributed by atoms with Crippen LogP contribution in [0.2, 0.25) is 0 Å². The number of fused-ring (bicyclic) bond motifs is 24. The van der Waals surface area contributed by atoms with Gasteiger partial charge in [0.15, 0.2) is 0 Å². The van der Waals surface area contributed by atoms with Crippen LogP contribution in [0, 0.1) is 382 Å². The third-order valence-corrected chi connectivity index (χ3v) is 65.7. The molecule has 55 aliphatic carbocycles. The molecule has 0 aromatic heterocycles. The highest BCUT2D eigenvalue weighted by molar-refractivity contribution is 6.23. The van der Waals surface area contributed by atoms with E-state index in [1.807, 2.05) is 25.7 Å². The van der Waals surface area contributed by atoms with Crippen LogP contribution >= 0.6 is 0 Å². The second-order valence-corrected chi connectivity index (χ2v) is 47.9. The Morgan fingerprint density at radius 1 is 0.125 bits per heavy atom. The molecule has 0 N–H and O–H groups in total. The summed E-state index contributed by atoms with van der Waals surface area (Å²) >= 11 is 0. The molecule has 0 aromatic rings. The van der Waals surface area contributed by atoms with Gasteiger partial charge in [-0.3, -0.25) is 0 Å². The van der Waals surface area contributed by atoms with Crippen LogP contribution in [0.25, 0.3) is 0 Å². The van der Waals surface area contributed by atoms with Crippen molar-refractivity contribution in [3.05, 3.63) is 0 Å². The highest BCUT2D eigenvalue weighted by Gasteiger charge is 3.79. The predicted octanol–water partition coefficient (Wildman–Crippen LogP) is 5.00. The van der Waals surface area contributed by atoms with Crippen LogP contribution in [0.4, 0.5) is 0 Å². The molecule has 0 heteroatoms. The van der Waals surface area contributed by atoms with Crippen molar-refractivity contribution < 1.29 is 0 Å². The molecule has 0 aliphatic heterocycles. The minimum atomic E-state index is 1.11. The fraction of sp³-hybridized carbons (Fsp3) is 1.00. The average Bonchev–Trinajstić information content (AvgIpc) is 0.425. The molecule has 55 fully saturated rings. The molecule has 0 saturated heterocycles. The molecule has 324 valence electrons. The second kappa shape index (κ2) is 3.23. The van der Waals surface area contributed by atoms with Gasteiger partial charge >= 0.3 is 0 Å². The number of hydrogen-bond donors (Lipinski definition) is 0. The van der Waals surface area contributed by atoms with Crippen LogP contribution < -0.4 is 0 Å². The lowest BCUT2D eigenvalue weighted by Gasteiger charge is -3.75. The summed E-state index contributed by atoms with van der Waals surface area (Å²) < 4.78 is 0. The van der Waals surface area contributed by atoms with Crippen LogP contribution in [0.15, 0.2) is 0 Å². The Hall–Kier alpha value is 0. The molecule has 0 aromatic carbocycles. The fourth-order valence-electron chi connectivity index (χ4n) is 85.9. The first kappa shape index (κ1) is 22.9. The first-order valence-electron chi connectivity index (χ1n) is 35.8. The summed E-state index contributed by atoms with van der Waals surface area (Å²) in [5.74, 6) is 40.0. The summed E-state index contributed by atoms with van der Waals surface area (Å²) in [6.45, 7) is 0. The molecule has 68 atom stereocenters. The van der Waals surface area contributed by atoms with E-state index in [1.54, 1.807) is 0 Å². The van der Waals surface area contributed by atoms with E-state index in [1.165, 1.54) is 187 Å². The molecular weight excluding hydrogens is 865 g/mol. The maximum atomic E-state index is 1.89. The van der Waals surface area contributed by atoms with Gasteiger partial charge in [-0.25, -0.2) is 0 Å². The van der Waals surface area contributed by atoms with Gasteiger partial charge in [0.05, 0.1) is 0 Å². The second-order valence-electron chi connectivity index (χ2n) is 47.9. The van der Waals surface area contributed by atoms with Gasteiger partial charge in [-0.15, -0.1) is 0 Å². The molecule has 65 unspecified atom stereocenters. The zero-order valence-corrected chi connectivity index (χ0v) is 39.0. The van der Waals surface area contributed by atoms with Crippen molar-refractivity contribution in [1.82, 2.24) is 0 Å². The van der Waals surface area contributed by atoms with E-state index < -0.39 is 0 Å². The number of rotatable bonds is 0. The molecule has 0 bridgehead atoms. The third kappa shape index (κ3) is 0.436. The van der Waals surface area contributed by atoms with Gasteiger partial charge in [-0.05, 0) is 408 Å². The molecule has 0 heterocycles. The van der Waals surface area contributed by atoms with Gasteiger partial charge in [0, 0.05) is 0 Å². The Morgan fingerprint density at radius 3 is 0.444 bits per heavy atom. The summed E-state index contributed by atoms with van der Waals surface area (Å²) in [6, 6.07) is 0. The molecule has 40 spiro atoms. The molecule has 55 rings (SSSR count). The van der Waals surface area contributed by atoms with E-state index >= 15 is 0 Å². The molecule has 0 radical (unpaired) electrons. The Kier molecular flexibility index (Phi) is 1.03. The average molecular weight is 901 g/mol. The first-order chi connectivity index (χ1) is 35.8. The highest BCUT2D eigenvalue weighted by Crippen LogP contribution is 3.80. The quantitative estimate of drug-likeness (QED) is 0.322. The van der Waals surface area contributed by atoms with Crippen molar-refractivity contribution in [1.29, 1.82) is 0 Å². The fourth-order valence-corrected chi connectivity index (χ4v) is 85.9. The van der Waals surface area contributed by atoms with Crippen molar-refractivity contribution in [3.8, 4) is 0 Å². The minimum Gasteiger partial charge on any atom is -0.0458 e. The highest BCUT2D eigenvalue weighted by atomic mass is 15.8. The minimum absolute atomic E-state index is 1.11. The molecule has 72 heavy (non-hydrogen) atoms. The number of hydrogen-bond acceptors (Lipinski definition) is 0. The Labute approximate surface area is 405 Å². The summed E-state index contributed by atoms with van der Waals surface area (Å²) in [4.78, 5) is 0. The maximum absolute atomic E-state index is 1.89. The first-order valence-corrected chi connectivity index (χ1v) is 35.8. The monoisotopic (exact) mass is 900 g/mol. The summed E-state index contributed by atoms with van der Waals surface area (Å²) in [7, 11) is 0. The van der Waals surface area contributed by atoms with E-state index in [-0.39, 0.29) is 0 Å². The van der Waals surface area contributed by atoms with Crippen molar-refractivity contribution >= 4 is 0 Å². The van der Waals surface area contributed by atoms with Crippen molar-refractivity contribution in [2.24, 2.45) is 382 Å². The van der Waals surface area contributed by atoms with Crippen LogP contribution in [0.3, 0.4) is 0 Å². The van der Waals surface area contributed by atoms with E-state index in [0.717, 1.165) is 195 Å². The van der Waals surface area contributed by atoms with Crippen LogP contribution in [0.5, 0.6) is 0 Å². The Bertz CT molecular complexity index is 4810. The summed E-state index contributed by atoms with van der Waals surface area (Å²) in [5.41, 5.74) is 45.8. The topological polar surface area (TPSA) is 0 Å². The van der Waals surface area contributed by atoms with Crippen molar-refractivity contribution in [3.63, 3.8) is 0 Å².